The summed E-state index contributed by atoms with van der Waals surface area (Å²) < 4.78 is 14.3. The molecule has 0 saturated heterocycles. The number of fused-ring (bicyclic) bond motifs is 1. The molecule has 1 aromatic carbocycles. The van der Waals surface area contributed by atoms with Gasteiger partial charge in [0.05, 0.1) is 27.8 Å². The summed E-state index contributed by atoms with van der Waals surface area (Å²) in [5.74, 6) is -0.327. The van der Waals surface area contributed by atoms with E-state index in [9.17, 15) is 9.18 Å². The second-order valence-corrected chi connectivity index (χ2v) is 7.80. The largest absolute Gasteiger partial charge is 0.369 e. The molecule has 2 N–H and O–H groups in total. The van der Waals surface area contributed by atoms with E-state index >= 15 is 0 Å². The summed E-state index contributed by atoms with van der Waals surface area (Å²) in [6.45, 7) is 2.64. The van der Waals surface area contributed by atoms with Gasteiger partial charge in [0.25, 0.3) is 5.91 Å². The van der Waals surface area contributed by atoms with Crippen LogP contribution >= 0.6 is 24.8 Å². The monoisotopic (exact) mass is 455 g/mol. The molecule has 1 atom stereocenters. The van der Waals surface area contributed by atoms with Crippen LogP contribution in [0.3, 0.4) is 0 Å². The second kappa shape index (κ2) is 9.84. The first-order valence-corrected chi connectivity index (χ1v) is 10.4. The molecule has 3 heterocycles. The minimum atomic E-state index is -0.633. The molecule has 0 radical (unpaired) electrons. The first kappa shape index (κ1) is 22.6. The van der Waals surface area contributed by atoms with Crippen LogP contribution in [0.4, 0.5) is 10.2 Å². The highest BCUT2D eigenvalue weighted by molar-refractivity contribution is 7.59. The number of para-hydroxylation sites is 1. The number of benzene rings is 1. The van der Waals surface area contributed by atoms with Gasteiger partial charge in [-0.25, -0.2) is 14.4 Å². The van der Waals surface area contributed by atoms with E-state index in [2.05, 4.69) is 25.6 Å². The number of hydrogen-bond acceptors (Lipinski definition) is 6. The SMILES string of the molecule is CNC(=O)c1c(F)cnc2c([C@H](C)CNc3cc(-c4cccs4)ncn3)cccc12.S. The zero-order valence-corrected chi connectivity index (χ0v) is 18.8. The minimum Gasteiger partial charge on any atom is -0.369 e. The van der Waals surface area contributed by atoms with Gasteiger partial charge in [0.2, 0.25) is 0 Å². The van der Waals surface area contributed by atoms with Crippen LogP contribution in [0.2, 0.25) is 0 Å². The first-order valence-electron chi connectivity index (χ1n) is 9.47. The summed E-state index contributed by atoms with van der Waals surface area (Å²) in [4.78, 5) is 26.1. The predicted molar refractivity (Wildman–Crippen MR) is 128 cm³/mol. The van der Waals surface area contributed by atoms with Crippen molar-refractivity contribution < 1.29 is 9.18 Å². The molecule has 31 heavy (non-hydrogen) atoms. The van der Waals surface area contributed by atoms with Crippen molar-refractivity contribution in [1.29, 1.82) is 0 Å². The Balaban J connectivity index is 0.00000272. The van der Waals surface area contributed by atoms with Crippen LogP contribution in [0.5, 0.6) is 0 Å². The normalized spacial score (nSPS) is 11.6. The predicted octanol–water partition coefficient (Wildman–Crippen LogP) is 4.58. The Hall–Kier alpha value is -3.04. The molecule has 9 heteroatoms. The zero-order valence-electron chi connectivity index (χ0n) is 17.0. The molecule has 4 rings (SSSR count). The van der Waals surface area contributed by atoms with Crippen LogP contribution in [0.15, 0.2) is 54.3 Å². The van der Waals surface area contributed by atoms with Gasteiger partial charge >= 0.3 is 0 Å². The van der Waals surface area contributed by atoms with Gasteiger partial charge in [-0.1, -0.05) is 31.2 Å². The van der Waals surface area contributed by atoms with Crippen LogP contribution in [-0.4, -0.2) is 34.5 Å². The van der Waals surface area contributed by atoms with E-state index < -0.39 is 11.7 Å². The zero-order chi connectivity index (χ0) is 21.1. The fraction of sp³-hybridized carbons (Fsp3) is 0.182. The number of amides is 1. The topological polar surface area (TPSA) is 79.8 Å². The van der Waals surface area contributed by atoms with E-state index in [0.29, 0.717) is 17.4 Å². The van der Waals surface area contributed by atoms with Crippen LogP contribution < -0.4 is 10.6 Å². The minimum absolute atomic E-state index is 0. The maximum absolute atomic E-state index is 14.3. The molecule has 3 aromatic heterocycles. The Morgan fingerprint density at radius 1 is 1.19 bits per heavy atom. The van der Waals surface area contributed by atoms with Crippen molar-refractivity contribution in [3.8, 4) is 10.6 Å². The third kappa shape index (κ3) is 4.67. The number of rotatable bonds is 6. The third-order valence-corrected chi connectivity index (χ3v) is 5.79. The lowest BCUT2D eigenvalue weighted by Crippen LogP contribution is -2.20. The van der Waals surface area contributed by atoms with Crippen molar-refractivity contribution in [3.63, 3.8) is 0 Å². The molecule has 0 fully saturated rings. The fourth-order valence-electron chi connectivity index (χ4n) is 3.36. The molecule has 0 spiro atoms. The number of halogens is 1. The molecule has 0 bridgehead atoms. The molecule has 0 saturated carbocycles. The third-order valence-electron chi connectivity index (χ3n) is 4.90. The first-order chi connectivity index (χ1) is 14.6. The number of thiophene rings is 1. The van der Waals surface area contributed by atoms with Gasteiger partial charge in [0.15, 0.2) is 5.82 Å². The summed E-state index contributed by atoms with van der Waals surface area (Å²) >= 11 is 1.62. The molecule has 160 valence electrons. The van der Waals surface area contributed by atoms with E-state index in [4.69, 9.17) is 0 Å². The summed E-state index contributed by atoms with van der Waals surface area (Å²) in [5, 5.41) is 8.35. The average Bonchev–Trinajstić information content (AvgIpc) is 3.31. The van der Waals surface area contributed by atoms with Crippen LogP contribution in [0, 0.1) is 5.82 Å². The van der Waals surface area contributed by atoms with E-state index in [1.54, 1.807) is 23.7 Å². The highest BCUT2D eigenvalue weighted by atomic mass is 32.1. The van der Waals surface area contributed by atoms with Crippen molar-refractivity contribution in [2.45, 2.75) is 12.8 Å². The summed E-state index contributed by atoms with van der Waals surface area (Å²) in [6.07, 6.45) is 2.65. The van der Waals surface area contributed by atoms with Crippen molar-refractivity contribution in [2.24, 2.45) is 0 Å². The number of anilines is 1. The number of carbonyl (C=O) groups is 1. The van der Waals surface area contributed by atoms with Crippen molar-refractivity contribution in [1.82, 2.24) is 20.3 Å². The summed E-state index contributed by atoms with van der Waals surface area (Å²) in [5.41, 5.74) is 2.43. The molecule has 6 nitrogen and oxygen atoms in total. The van der Waals surface area contributed by atoms with Gasteiger partial charge in [-0.15, -0.1) is 11.3 Å². The van der Waals surface area contributed by atoms with Gasteiger partial charge in [-0.3, -0.25) is 9.78 Å². The highest BCUT2D eigenvalue weighted by Crippen LogP contribution is 2.28. The Labute approximate surface area is 190 Å². The summed E-state index contributed by atoms with van der Waals surface area (Å²) in [7, 11) is 1.48. The van der Waals surface area contributed by atoms with Crippen molar-refractivity contribution in [2.75, 3.05) is 18.9 Å². The maximum Gasteiger partial charge on any atom is 0.254 e. The number of nitrogens with zero attached hydrogens (tertiary/aromatic N) is 3. The van der Waals surface area contributed by atoms with E-state index in [-0.39, 0.29) is 25.0 Å². The lowest BCUT2D eigenvalue weighted by molar-refractivity contribution is 0.0961. The van der Waals surface area contributed by atoms with E-state index in [0.717, 1.165) is 28.1 Å². The molecular weight excluding hydrogens is 433 g/mol. The quantitative estimate of drug-likeness (QED) is 0.445. The lowest BCUT2D eigenvalue weighted by Gasteiger charge is -2.16. The average molecular weight is 456 g/mol. The number of pyridine rings is 1. The fourth-order valence-corrected chi connectivity index (χ4v) is 4.05. The van der Waals surface area contributed by atoms with Crippen LogP contribution in [0.25, 0.3) is 21.5 Å². The lowest BCUT2D eigenvalue weighted by atomic mass is 9.96. The van der Waals surface area contributed by atoms with Crippen LogP contribution in [0.1, 0.15) is 28.8 Å². The number of nitrogens with one attached hydrogen (secondary N) is 2. The van der Waals surface area contributed by atoms with Gasteiger partial charge in [0, 0.05) is 31.0 Å². The Bertz CT molecular complexity index is 1200. The van der Waals surface area contributed by atoms with Gasteiger partial charge in [-0.2, -0.15) is 13.5 Å². The smallest absolute Gasteiger partial charge is 0.254 e. The van der Waals surface area contributed by atoms with Gasteiger partial charge in [0.1, 0.15) is 12.1 Å². The molecule has 0 aliphatic heterocycles. The molecule has 0 aliphatic carbocycles. The second-order valence-electron chi connectivity index (χ2n) is 6.85. The van der Waals surface area contributed by atoms with E-state index in [1.807, 2.05) is 42.6 Å². The van der Waals surface area contributed by atoms with Gasteiger partial charge < -0.3 is 10.6 Å². The summed E-state index contributed by atoms with van der Waals surface area (Å²) in [6, 6.07) is 11.4. The van der Waals surface area contributed by atoms with Gasteiger partial charge in [-0.05, 0) is 17.0 Å². The maximum atomic E-state index is 14.3. The molecule has 1 amide bonds. The van der Waals surface area contributed by atoms with Crippen LogP contribution in [-0.2, 0) is 0 Å². The number of hydrogen-bond donors (Lipinski definition) is 2. The van der Waals surface area contributed by atoms with Crippen molar-refractivity contribution >= 4 is 47.5 Å². The molecule has 0 aliphatic rings. The number of aromatic nitrogens is 3. The van der Waals surface area contributed by atoms with E-state index in [1.165, 1.54) is 7.05 Å². The standard InChI is InChI=1S/C22H20FN5OS.H2S/c1-13(10-25-19-9-17(27-12-28-19)18-7-4-8-30-18)14-5-3-6-15-20(22(29)24-2)16(23)11-26-21(14)15;/h3-9,11-13H,10H2,1-2H3,(H,24,29)(H,25,27,28);1H2/t13-;/m1./s1. The Morgan fingerprint density at radius 3 is 2.77 bits per heavy atom. The molecule has 0 unspecified atom stereocenters. The molecular formula is C22H22FN5OS2. The van der Waals surface area contributed by atoms with Crippen molar-refractivity contribution in [3.05, 3.63) is 71.2 Å². The molecule has 4 aromatic rings. The number of carbonyl (C=O) groups excluding carboxylic acids is 1. The highest BCUT2D eigenvalue weighted by Gasteiger charge is 2.19. The Kier molecular flexibility index (Phi) is 7.19. The Morgan fingerprint density at radius 2 is 2.03 bits per heavy atom.